The van der Waals surface area contributed by atoms with Crippen molar-refractivity contribution >= 4 is 63.4 Å². The molecule has 0 amide bonds. The largest absolute Gasteiger partial charge is 0.426 e. The Kier molecular flexibility index (Phi) is 3.99. The predicted molar refractivity (Wildman–Crippen MR) is 71.0 cm³/mol. The smallest absolute Gasteiger partial charge is 0.285 e. The molecule has 84 valence electrons. The van der Waals surface area contributed by atoms with Gasteiger partial charge in [0.05, 0.1) is 10.5 Å². The predicted octanol–water partition coefficient (Wildman–Crippen LogP) is 5.62. The van der Waals surface area contributed by atoms with Gasteiger partial charge in [-0.1, -0.05) is 23.2 Å². The number of fused-ring (bicyclic) bond motifs is 1. The highest BCUT2D eigenvalue weighted by molar-refractivity contribution is 8.00. The van der Waals surface area contributed by atoms with Crippen LogP contribution in [0, 0.1) is 0 Å². The first-order chi connectivity index (χ1) is 7.56. The van der Waals surface area contributed by atoms with E-state index in [4.69, 9.17) is 50.2 Å². The van der Waals surface area contributed by atoms with Crippen LogP contribution in [0.3, 0.4) is 0 Å². The molecule has 0 aliphatic heterocycles. The molecule has 2 nitrogen and oxygen atoms in total. The van der Waals surface area contributed by atoms with Crippen molar-refractivity contribution in [2.45, 2.75) is 0 Å². The van der Waals surface area contributed by atoms with E-state index in [1.54, 1.807) is 24.3 Å². The van der Waals surface area contributed by atoms with Crippen LogP contribution < -0.4 is 4.52 Å². The fraction of sp³-hybridized carbons (Fsp3) is 0. The Morgan fingerprint density at radius 1 is 1.12 bits per heavy atom. The Balaban J connectivity index is 2.56. The number of pyridine rings is 1. The molecule has 1 aromatic heterocycles. The second-order valence-electron chi connectivity index (χ2n) is 2.90. The summed E-state index contributed by atoms with van der Waals surface area (Å²) in [4.78, 5) is 4.19. The number of hydrogen-bond acceptors (Lipinski definition) is 2. The fourth-order valence-corrected chi connectivity index (χ4v) is 2.33. The quantitative estimate of drug-likeness (QED) is 0.671. The van der Waals surface area contributed by atoms with Crippen LogP contribution in [0.15, 0.2) is 24.3 Å². The van der Waals surface area contributed by atoms with Crippen molar-refractivity contribution in [2.75, 3.05) is 0 Å². The molecule has 0 N–H and O–H groups in total. The van der Waals surface area contributed by atoms with Crippen molar-refractivity contribution in [2.24, 2.45) is 0 Å². The first kappa shape index (κ1) is 12.5. The Morgan fingerprint density at radius 3 is 2.56 bits per heavy atom. The monoisotopic (exact) mass is 313 g/mol. The molecule has 0 saturated carbocycles. The molecule has 0 radical (unpaired) electrons. The third-order valence-corrected chi connectivity index (χ3v) is 3.15. The first-order valence-electron chi connectivity index (χ1n) is 4.12. The normalized spacial score (nSPS) is 11.1. The summed E-state index contributed by atoms with van der Waals surface area (Å²) in [6.07, 6.45) is 0. The van der Waals surface area contributed by atoms with Crippen molar-refractivity contribution in [1.29, 1.82) is 0 Å². The molecule has 0 bridgehead atoms. The second-order valence-corrected chi connectivity index (χ2v) is 6.69. The topological polar surface area (TPSA) is 22.1 Å². The zero-order chi connectivity index (χ0) is 11.7. The van der Waals surface area contributed by atoms with Gasteiger partial charge in [0, 0.05) is 16.5 Å². The van der Waals surface area contributed by atoms with Crippen LogP contribution in [0.1, 0.15) is 0 Å². The van der Waals surface area contributed by atoms with Crippen LogP contribution in [0.4, 0.5) is 0 Å². The maximum absolute atomic E-state index is 6.06. The molecule has 0 fully saturated rings. The van der Waals surface area contributed by atoms with Gasteiger partial charge in [0.15, 0.2) is 0 Å². The first-order valence-corrected chi connectivity index (χ1v) is 7.94. The van der Waals surface area contributed by atoms with Gasteiger partial charge in [0.2, 0.25) is 5.88 Å². The molecule has 1 aromatic carbocycles. The third kappa shape index (κ3) is 2.82. The minimum Gasteiger partial charge on any atom is -0.426 e. The Labute approximate surface area is 113 Å². The van der Waals surface area contributed by atoms with Crippen LogP contribution in [0.5, 0.6) is 5.88 Å². The Bertz CT molecular complexity index is 534. The average Bonchev–Trinajstić information content (AvgIpc) is 2.15. The third-order valence-electron chi connectivity index (χ3n) is 1.86. The van der Waals surface area contributed by atoms with Crippen molar-refractivity contribution in [3.8, 4) is 5.88 Å². The molecule has 0 saturated heterocycles. The second kappa shape index (κ2) is 5.12. The van der Waals surface area contributed by atoms with Gasteiger partial charge in [-0.3, -0.25) is 0 Å². The lowest BCUT2D eigenvalue weighted by molar-refractivity contribution is 0.612. The van der Waals surface area contributed by atoms with E-state index in [-0.39, 0.29) is 5.88 Å². The molecule has 1 heterocycles. The number of benzene rings is 1. The van der Waals surface area contributed by atoms with Crippen LogP contribution in [-0.2, 0) is 0 Å². The summed E-state index contributed by atoms with van der Waals surface area (Å²) in [7, 11) is 0. The highest BCUT2D eigenvalue weighted by Crippen LogP contribution is 2.48. The molecule has 0 aliphatic carbocycles. The number of nitrogens with zero attached hydrogens (tertiary/aromatic N) is 1. The van der Waals surface area contributed by atoms with Gasteiger partial charge in [0.25, 0.3) is 6.85 Å². The molecule has 7 heteroatoms. The van der Waals surface area contributed by atoms with E-state index in [0.29, 0.717) is 15.6 Å². The standard InChI is InChI=1S/C9H4Cl4NOP/c10-5-1-2-6-7(11)4-9(15-16(12)13)14-8(6)3-5/h1-4H. The van der Waals surface area contributed by atoms with E-state index in [0.717, 1.165) is 5.39 Å². The average molecular weight is 315 g/mol. The van der Waals surface area contributed by atoms with E-state index in [2.05, 4.69) is 4.98 Å². The maximum atomic E-state index is 6.06. The molecule has 0 spiro atoms. The Morgan fingerprint density at radius 2 is 1.88 bits per heavy atom. The zero-order valence-electron chi connectivity index (χ0n) is 7.62. The molecule has 0 atom stereocenters. The summed E-state index contributed by atoms with van der Waals surface area (Å²) < 4.78 is 5.10. The maximum Gasteiger partial charge on any atom is 0.285 e. The van der Waals surface area contributed by atoms with Crippen LogP contribution in [0.25, 0.3) is 10.9 Å². The van der Waals surface area contributed by atoms with Crippen LogP contribution in [0.2, 0.25) is 10.0 Å². The van der Waals surface area contributed by atoms with Gasteiger partial charge in [0.1, 0.15) is 0 Å². The van der Waals surface area contributed by atoms with Crippen molar-refractivity contribution in [3.05, 3.63) is 34.3 Å². The number of aromatic nitrogens is 1. The molecule has 0 aliphatic rings. The van der Waals surface area contributed by atoms with Crippen LogP contribution in [-0.4, -0.2) is 4.98 Å². The number of hydrogen-bond donors (Lipinski definition) is 0. The molecular formula is C9H4Cl4NOP. The molecular weight excluding hydrogens is 311 g/mol. The summed E-state index contributed by atoms with van der Waals surface area (Å²) in [5, 5.41) is 1.89. The summed E-state index contributed by atoms with van der Waals surface area (Å²) in [6, 6.07) is 6.80. The molecule has 16 heavy (non-hydrogen) atoms. The van der Waals surface area contributed by atoms with Crippen LogP contribution >= 0.6 is 52.5 Å². The van der Waals surface area contributed by atoms with Gasteiger partial charge in [-0.05, 0) is 40.7 Å². The van der Waals surface area contributed by atoms with E-state index in [1.165, 1.54) is 0 Å². The summed E-state index contributed by atoms with van der Waals surface area (Å²) >= 11 is 23.0. The van der Waals surface area contributed by atoms with E-state index in [1.807, 2.05) is 0 Å². The summed E-state index contributed by atoms with van der Waals surface area (Å²) in [6.45, 7) is -1.56. The Hall–Kier alpha value is 0.0200. The number of halogens is 4. The highest BCUT2D eigenvalue weighted by Gasteiger charge is 2.09. The molecule has 0 unspecified atom stereocenters. The van der Waals surface area contributed by atoms with Crippen molar-refractivity contribution < 1.29 is 4.52 Å². The van der Waals surface area contributed by atoms with Crippen molar-refractivity contribution in [1.82, 2.24) is 4.98 Å². The number of rotatable bonds is 2. The molecule has 2 aromatic rings. The minimum absolute atomic E-state index is 0.288. The van der Waals surface area contributed by atoms with E-state index in [9.17, 15) is 0 Å². The lowest BCUT2D eigenvalue weighted by atomic mass is 10.2. The van der Waals surface area contributed by atoms with Gasteiger partial charge >= 0.3 is 0 Å². The fourth-order valence-electron chi connectivity index (χ4n) is 1.25. The van der Waals surface area contributed by atoms with E-state index < -0.39 is 6.85 Å². The zero-order valence-corrected chi connectivity index (χ0v) is 11.5. The summed E-state index contributed by atoms with van der Waals surface area (Å²) in [5.41, 5.74) is 0.639. The van der Waals surface area contributed by atoms with Crippen molar-refractivity contribution in [3.63, 3.8) is 0 Å². The minimum atomic E-state index is -1.56. The highest BCUT2D eigenvalue weighted by atomic mass is 35.9. The van der Waals surface area contributed by atoms with Gasteiger partial charge < -0.3 is 4.52 Å². The summed E-state index contributed by atoms with van der Waals surface area (Å²) in [5.74, 6) is 0.288. The van der Waals surface area contributed by atoms with Gasteiger partial charge in [-0.25, -0.2) is 4.98 Å². The lowest BCUT2D eigenvalue weighted by Crippen LogP contribution is -1.86. The van der Waals surface area contributed by atoms with Gasteiger partial charge in [-0.15, -0.1) is 0 Å². The molecule has 2 rings (SSSR count). The SMILES string of the molecule is Clc1ccc2c(Cl)cc(OP(Cl)Cl)nc2c1. The van der Waals surface area contributed by atoms with Gasteiger partial charge in [-0.2, -0.15) is 0 Å². The van der Waals surface area contributed by atoms with E-state index >= 15 is 0 Å². The lowest BCUT2D eigenvalue weighted by Gasteiger charge is -2.06.